The SMILES string of the molecule is COc1cc(-c2[nH]c3ccc(OC(F)(F)F)cc3c2CC(=O)O)ccc1OCc1ccccc1. The summed E-state index contributed by atoms with van der Waals surface area (Å²) in [5.41, 5.74) is 2.83. The summed E-state index contributed by atoms with van der Waals surface area (Å²) >= 11 is 0. The molecular formula is C25H20F3NO5. The molecule has 0 aliphatic rings. The second kappa shape index (κ2) is 9.38. The van der Waals surface area contributed by atoms with Crippen LogP contribution in [0, 0.1) is 0 Å². The Kier molecular flexibility index (Phi) is 6.36. The van der Waals surface area contributed by atoms with E-state index in [1.807, 2.05) is 30.3 Å². The van der Waals surface area contributed by atoms with Gasteiger partial charge in [-0.25, -0.2) is 0 Å². The molecule has 0 amide bonds. The molecule has 6 nitrogen and oxygen atoms in total. The van der Waals surface area contributed by atoms with Crippen molar-refractivity contribution < 1.29 is 37.3 Å². The first-order valence-electron chi connectivity index (χ1n) is 10.2. The van der Waals surface area contributed by atoms with Crippen molar-refractivity contribution in [3.05, 3.63) is 77.9 Å². The van der Waals surface area contributed by atoms with Crippen molar-refractivity contribution in [2.75, 3.05) is 7.11 Å². The number of hydrogen-bond donors (Lipinski definition) is 2. The molecule has 3 aromatic carbocycles. The molecule has 176 valence electrons. The van der Waals surface area contributed by atoms with Crippen LogP contribution in [0.3, 0.4) is 0 Å². The summed E-state index contributed by atoms with van der Waals surface area (Å²) in [6.45, 7) is 0.329. The van der Waals surface area contributed by atoms with Crippen LogP contribution in [0.2, 0.25) is 0 Å². The number of aromatic nitrogens is 1. The van der Waals surface area contributed by atoms with E-state index >= 15 is 0 Å². The number of methoxy groups -OCH3 is 1. The van der Waals surface area contributed by atoms with Crippen LogP contribution in [0.25, 0.3) is 22.2 Å². The molecule has 0 bridgehead atoms. The van der Waals surface area contributed by atoms with Gasteiger partial charge in [-0.3, -0.25) is 4.79 Å². The molecule has 0 fully saturated rings. The van der Waals surface area contributed by atoms with Gasteiger partial charge in [0.05, 0.1) is 19.2 Å². The summed E-state index contributed by atoms with van der Waals surface area (Å²) in [5, 5.41) is 9.75. The molecule has 0 aliphatic heterocycles. The number of carboxylic acids is 1. The van der Waals surface area contributed by atoms with Gasteiger partial charge in [-0.1, -0.05) is 30.3 Å². The van der Waals surface area contributed by atoms with Crippen molar-refractivity contribution in [1.29, 1.82) is 0 Å². The summed E-state index contributed by atoms with van der Waals surface area (Å²) < 4.78 is 53.3. The number of benzene rings is 3. The Labute approximate surface area is 192 Å². The van der Waals surface area contributed by atoms with Crippen molar-refractivity contribution in [3.8, 4) is 28.5 Å². The summed E-state index contributed by atoms with van der Waals surface area (Å²) in [5.74, 6) is -0.639. The second-order valence-corrected chi connectivity index (χ2v) is 7.44. The monoisotopic (exact) mass is 471 g/mol. The fraction of sp³-hybridized carbons (Fsp3) is 0.160. The molecule has 0 saturated heterocycles. The maximum atomic E-state index is 12.7. The van der Waals surface area contributed by atoms with E-state index in [0.717, 1.165) is 5.56 Å². The molecule has 0 aliphatic carbocycles. The maximum Gasteiger partial charge on any atom is 0.573 e. The highest BCUT2D eigenvalue weighted by Crippen LogP contribution is 2.38. The van der Waals surface area contributed by atoms with Crippen LogP contribution < -0.4 is 14.2 Å². The maximum absolute atomic E-state index is 12.7. The number of alkyl halides is 3. The van der Waals surface area contributed by atoms with E-state index in [1.165, 1.54) is 25.3 Å². The minimum Gasteiger partial charge on any atom is -0.493 e. The van der Waals surface area contributed by atoms with Crippen LogP contribution in [0.4, 0.5) is 13.2 Å². The van der Waals surface area contributed by atoms with Crippen molar-refractivity contribution in [3.63, 3.8) is 0 Å². The number of aliphatic carboxylic acids is 1. The van der Waals surface area contributed by atoms with Gasteiger partial charge in [0, 0.05) is 16.5 Å². The fourth-order valence-corrected chi connectivity index (χ4v) is 3.68. The van der Waals surface area contributed by atoms with Gasteiger partial charge in [0.15, 0.2) is 11.5 Å². The van der Waals surface area contributed by atoms with Gasteiger partial charge < -0.3 is 24.3 Å². The van der Waals surface area contributed by atoms with Gasteiger partial charge in [-0.15, -0.1) is 13.2 Å². The normalized spacial score (nSPS) is 11.4. The summed E-state index contributed by atoms with van der Waals surface area (Å²) in [6.07, 6.45) is -5.26. The number of nitrogens with one attached hydrogen (secondary N) is 1. The number of carbonyl (C=O) groups is 1. The highest BCUT2D eigenvalue weighted by Gasteiger charge is 2.31. The lowest BCUT2D eigenvalue weighted by atomic mass is 10.0. The third kappa shape index (κ3) is 5.25. The minimum atomic E-state index is -4.86. The van der Waals surface area contributed by atoms with Gasteiger partial charge in [-0.2, -0.15) is 0 Å². The van der Waals surface area contributed by atoms with E-state index in [2.05, 4.69) is 9.72 Å². The molecule has 1 aromatic heterocycles. The van der Waals surface area contributed by atoms with Crippen molar-refractivity contribution in [2.45, 2.75) is 19.4 Å². The number of halogens is 3. The third-order valence-corrected chi connectivity index (χ3v) is 5.13. The third-order valence-electron chi connectivity index (χ3n) is 5.13. The standard InChI is InChI=1S/C25H20F3NO5/c1-32-22-11-16(7-10-21(22)33-14-15-5-3-2-4-6-15)24-19(13-23(30)31)18-12-17(34-25(26,27)28)8-9-20(18)29-24/h2-12,29H,13-14H2,1H3,(H,30,31). The number of fused-ring (bicyclic) bond motifs is 1. The topological polar surface area (TPSA) is 80.8 Å². The van der Waals surface area contributed by atoms with Crippen LogP contribution in [0.15, 0.2) is 66.7 Å². The van der Waals surface area contributed by atoms with Crippen LogP contribution in [0.5, 0.6) is 17.2 Å². The first kappa shape index (κ1) is 23.0. The molecule has 1 heterocycles. The number of carboxylic acid groups (broad SMARTS) is 1. The van der Waals surface area contributed by atoms with Crippen molar-refractivity contribution in [2.24, 2.45) is 0 Å². The van der Waals surface area contributed by atoms with Crippen molar-refractivity contribution >= 4 is 16.9 Å². The Bertz CT molecular complexity index is 1320. The van der Waals surface area contributed by atoms with E-state index < -0.39 is 24.5 Å². The fourth-order valence-electron chi connectivity index (χ4n) is 3.68. The molecule has 0 spiro atoms. The Morgan fingerprint density at radius 3 is 2.44 bits per heavy atom. The lowest BCUT2D eigenvalue weighted by Gasteiger charge is -2.13. The predicted octanol–water partition coefficient (Wildman–Crippen LogP) is 5.95. The molecule has 9 heteroatoms. The second-order valence-electron chi connectivity index (χ2n) is 7.44. The summed E-state index contributed by atoms with van der Waals surface area (Å²) in [6, 6.07) is 18.5. The Balaban J connectivity index is 1.72. The molecular weight excluding hydrogens is 451 g/mol. The molecule has 0 radical (unpaired) electrons. The number of rotatable bonds is 8. The average molecular weight is 471 g/mol. The Morgan fingerprint density at radius 2 is 1.76 bits per heavy atom. The lowest BCUT2D eigenvalue weighted by molar-refractivity contribution is -0.274. The zero-order valence-electron chi connectivity index (χ0n) is 18.0. The van der Waals surface area contributed by atoms with Crippen molar-refractivity contribution in [1.82, 2.24) is 4.98 Å². The molecule has 0 atom stereocenters. The van der Waals surface area contributed by atoms with Gasteiger partial charge in [0.25, 0.3) is 0 Å². The smallest absolute Gasteiger partial charge is 0.493 e. The largest absolute Gasteiger partial charge is 0.573 e. The first-order chi connectivity index (χ1) is 16.2. The minimum absolute atomic E-state index is 0.322. The average Bonchev–Trinajstić information content (AvgIpc) is 3.14. The molecule has 4 aromatic rings. The molecule has 4 rings (SSSR count). The highest BCUT2D eigenvalue weighted by molar-refractivity contribution is 5.95. The zero-order valence-corrected chi connectivity index (χ0v) is 18.0. The molecule has 0 unspecified atom stereocenters. The van der Waals surface area contributed by atoms with Gasteiger partial charge in [0.1, 0.15) is 12.4 Å². The zero-order chi connectivity index (χ0) is 24.3. The van der Waals surface area contributed by atoms with Crippen LogP contribution in [0.1, 0.15) is 11.1 Å². The summed E-state index contributed by atoms with van der Waals surface area (Å²) in [7, 11) is 1.48. The predicted molar refractivity (Wildman–Crippen MR) is 119 cm³/mol. The molecule has 0 saturated carbocycles. The molecule has 34 heavy (non-hydrogen) atoms. The summed E-state index contributed by atoms with van der Waals surface area (Å²) in [4.78, 5) is 14.6. The Hall–Kier alpha value is -4.14. The molecule has 2 N–H and O–H groups in total. The quantitative estimate of drug-likeness (QED) is 0.332. The number of ether oxygens (including phenoxy) is 3. The number of H-pyrrole nitrogens is 1. The van der Waals surface area contributed by atoms with E-state index in [-0.39, 0.29) is 0 Å². The van der Waals surface area contributed by atoms with Gasteiger partial charge in [-0.05, 0) is 47.5 Å². The number of aromatic amines is 1. The van der Waals surface area contributed by atoms with E-state index in [9.17, 15) is 23.1 Å². The highest BCUT2D eigenvalue weighted by atomic mass is 19.4. The van der Waals surface area contributed by atoms with Crippen LogP contribution >= 0.6 is 0 Å². The van der Waals surface area contributed by atoms with E-state index in [1.54, 1.807) is 18.2 Å². The lowest BCUT2D eigenvalue weighted by Crippen LogP contribution is -2.17. The van der Waals surface area contributed by atoms with Gasteiger partial charge >= 0.3 is 12.3 Å². The first-order valence-corrected chi connectivity index (χ1v) is 10.2. The Morgan fingerprint density at radius 1 is 1.00 bits per heavy atom. The van der Waals surface area contributed by atoms with E-state index in [4.69, 9.17) is 9.47 Å². The van der Waals surface area contributed by atoms with Crippen LogP contribution in [-0.4, -0.2) is 29.5 Å². The van der Waals surface area contributed by atoms with Crippen LogP contribution in [-0.2, 0) is 17.8 Å². The van der Waals surface area contributed by atoms with Gasteiger partial charge in [0.2, 0.25) is 0 Å². The number of hydrogen-bond acceptors (Lipinski definition) is 4. The van der Waals surface area contributed by atoms with E-state index in [0.29, 0.717) is 45.8 Å².